The second kappa shape index (κ2) is 10.0. The Morgan fingerprint density at radius 2 is 1.59 bits per heavy atom. The average molecular weight is 317 g/mol. The number of carboxylic acid groups (broad SMARTS) is 1. The average Bonchev–Trinajstić information content (AvgIpc) is 2.37. The van der Waals surface area contributed by atoms with Gasteiger partial charge in [0.05, 0.1) is 11.8 Å². The van der Waals surface area contributed by atoms with Crippen LogP contribution in [0.15, 0.2) is 0 Å². The van der Waals surface area contributed by atoms with Crippen LogP contribution in [-0.4, -0.2) is 36.0 Å². The van der Waals surface area contributed by atoms with Crippen molar-refractivity contribution in [3.8, 4) is 0 Å². The van der Waals surface area contributed by atoms with Gasteiger partial charge in [-0.15, -0.1) is 0 Å². The van der Waals surface area contributed by atoms with Crippen LogP contribution in [0.2, 0.25) is 0 Å². The van der Waals surface area contributed by atoms with E-state index in [2.05, 4.69) is 5.32 Å². The number of carbonyl (C=O) groups excluding carboxylic acids is 2. The summed E-state index contributed by atoms with van der Waals surface area (Å²) in [7, 11) is 0. The third-order valence-corrected chi connectivity index (χ3v) is 2.96. The van der Waals surface area contributed by atoms with Crippen LogP contribution >= 0.6 is 0 Å². The van der Waals surface area contributed by atoms with Crippen LogP contribution in [0.3, 0.4) is 0 Å². The van der Waals surface area contributed by atoms with Crippen molar-refractivity contribution < 1.29 is 29.0 Å². The molecular weight excluding hydrogens is 290 g/mol. The molecule has 0 unspecified atom stereocenters. The molecule has 7 nitrogen and oxygen atoms in total. The summed E-state index contributed by atoms with van der Waals surface area (Å²) in [6.45, 7) is 8.75. The highest BCUT2D eigenvalue weighted by Crippen LogP contribution is 2.12. The van der Waals surface area contributed by atoms with Crippen molar-refractivity contribution in [1.82, 2.24) is 5.32 Å². The maximum Gasteiger partial charge on any atom is 0.410 e. The van der Waals surface area contributed by atoms with E-state index in [1.165, 1.54) is 6.92 Å². The summed E-state index contributed by atoms with van der Waals surface area (Å²) in [6, 6.07) is 0. The maximum absolute atomic E-state index is 11.6. The molecule has 0 spiro atoms. The van der Waals surface area contributed by atoms with Crippen LogP contribution in [0.25, 0.3) is 0 Å². The van der Waals surface area contributed by atoms with E-state index in [1.807, 2.05) is 13.8 Å². The molecule has 0 aromatic heterocycles. The summed E-state index contributed by atoms with van der Waals surface area (Å²) < 4.78 is 9.72. The number of aliphatic carboxylic acids is 1. The van der Waals surface area contributed by atoms with Crippen LogP contribution < -0.4 is 5.32 Å². The molecule has 0 heterocycles. The first kappa shape index (κ1) is 20.2. The van der Waals surface area contributed by atoms with Gasteiger partial charge in [-0.2, -0.15) is 0 Å². The minimum absolute atomic E-state index is 0.0221. The Hall–Kier alpha value is -1.79. The summed E-state index contributed by atoms with van der Waals surface area (Å²) in [5.41, 5.74) is 0. The molecule has 1 amide bonds. The number of hydrogen-bond acceptors (Lipinski definition) is 5. The Morgan fingerprint density at radius 3 is 2.05 bits per heavy atom. The van der Waals surface area contributed by atoms with Crippen LogP contribution in [0.5, 0.6) is 0 Å². The van der Waals surface area contributed by atoms with E-state index in [-0.39, 0.29) is 12.5 Å². The number of esters is 1. The van der Waals surface area contributed by atoms with Crippen molar-refractivity contribution in [2.45, 2.75) is 53.8 Å². The highest BCUT2D eigenvalue weighted by Gasteiger charge is 2.21. The molecule has 0 aromatic carbocycles. The highest BCUT2D eigenvalue weighted by molar-refractivity contribution is 5.73. The van der Waals surface area contributed by atoms with E-state index in [4.69, 9.17) is 14.6 Å². The summed E-state index contributed by atoms with van der Waals surface area (Å²) in [5, 5.41) is 11.5. The van der Waals surface area contributed by atoms with Gasteiger partial charge in [0.15, 0.2) is 0 Å². The Kier molecular flexibility index (Phi) is 9.21. The fourth-order valence-electron chi connectivity index (χ4n) is 1.57. The second-order valence-electron chi connectivity index (χ2n) is 5.95. The van der Waals surface area contributed by atoms with Gasteiger partial charge < -0.3 is 19.9 Å². The number of hydrogen-bond donors (Lipinski definition) is 2. The number of amides is 1. The zero-order valence-electron chi connectivity index (χ0n) is 13.9. The zero-order valence-corrected chi connectivity index (χ0v) is 13.9. The summed E-state index contributed by atoms with van der Waals surface area (Å²) in [4.78, 5) is 34.0. The van der Waals surface area contributed by atoms with Crippen molar-refractivity contribution in [2.75, 3.05) is 6.54 Å². The number of nitrogens with one attached hydrogen (secondary N) is 1. The van der Waals surface area contributed by atoms with Gasteiger partial charge in [-0.3, -0.25) is 9.59 Å². The Balaban J connectivity index is 4.18. The molecule has 0 aliphatic rings. The van der Waals surface area contributed by atoms with Crippen LogP contribution in [-0.2, 0) is 19.1 Å². The molecule has 128 valence electrons. The lowest BCUT2D eigenvalue weighted by atomic mass is 9.98. The zero-order chi connectivity index (χ0) is 17.3. The van der Waals surface area contributed by atoms with Crippen LogP contribution in [0, 0.1) is 17.8 Å². The lowest BCUT2D eigenvalue weighted by Gasteiger charge is -2.17. The molecule has 2 atom stereocenters. The Labute approximate surface area is 131 Å². The minimum Gasteiger partial charge on any atom is -0.481 e. The Morgan fingerprint density at radius 1 is 1.00 bits per heavy atom. The first-order chi connectivity index (χ1) is 10.1. The van der Waals surface area contributed by atoms with Gasteiger partial charge in [0, 0.05) is 13.5 Å². The van der Waals surface area contributed by atoms with E-state index in [1.54, 1.807) is 13.8 Å². The van der Waals surface area contributed by atoms with Gasteiger partial charge in [0.25, 0.3) is 0 Å². The van der Waals surface area contributed by atoms with E-state index >= 15 is 0 Å². The number of alkyl carbamates (subject to hydrolysis) is 1. The van der Waals surface area contributed by atoms with Crippen molar-refractivity contribution >= 4 is 18.0 Å². The van der Waals surface area contributed by atoms with E-state index < -0.39 is 30.2 Å². The molecule has 0 radical (unpaired) electrons. The van der Waals surface area contributed by atoms with Gasteiger partial charge in [0.2, 0.25) is 6.29 Å². The highest BCUT2D eigenvalue weighted by atomic mass is 16.7. The quantitative estimate of drug-likeness (QED) is 0.500. The van der Waals surface area contributed by atoms with Crippen LogP contribution in [0.1, 0.15) is 47.5 Å². The monoisotopic (exact) mass is 317 g/mol. The van der Waals surface area contributed by atoms with Crippen molar-refractivity contribution in [1.29, 1.82) is 0 Å². The SMILES string of the molecule is CC(C)CC[C@@H](CNC(=O)O[C@H](C)OC(=O)C(C)C)C(=O)O. The third-order valence-electron chi connectivity index (χ3n) is 2.96. The third kappa shape index (κ3) is 9.20. The smallest absolute Gasteiger partial charge is 0.410 e. The van der Waals surface area contributed by atoms with Gasteiger partial charge in [-0.1, -0.05) is 34.1 Å². The number of rotatable bonds is 9. The molecule has 0 saturated carbocycles. The molecule has 0 fully saturated rings. The topological polar surface area (TPSA) is 102 Å². The standard InChI is InChI=1S/C15H27NO6/c1-9(2)6-7-12(13(17)18)8-16-15(20)22-11(5)21-14(19)10(3)4/h9-12H,6-8H2,1-5H3,(H,16,20)(H,17,18)/t11-,12+/m1/s1. The van der Waals surface area contributed by atoms with Gasteiger partial charge in [0.1, 0.15) is 0 Å². The molecule has 0 aromatic rings. The van der Waals surface area contributed by atoms with Gasteiger partial charge >= 0.3 is 18.0 Å². The number of carboxylic acids is 1. The fourth-order valence-corrected chi connectivity index (χ4v) is 1.57. The molecule has 22 heavy (non-hydrogen) atoms. The largest absolute Gasteiger partial charge is 0.481 e. The normalized spacial score (nSPS) is 13.6. The van der Waals surface area contributed by atoms with E-state index in [0.717, 1.165) is 6.42 Å². The first-order valence-corrected chi connectivity index (χ1v) is 7.51. The molecular formula is C15H27NO6. The maximum atomic E-state index is 11.6. The minimum atomic E-state index is -1.02. The van der Waals surface area contributed by atoms with Crippen molar-refractivity contribution in [2.24, 2.45) is 17.8 Å². The molecule has 0 saturated heterocycles. The number of carbonyl (C=O) groups is 3. The molecule has 0 bridgehead atoms. The summed E-state index contributed by atoms with van der Waals surface area (Å²) in [5.74, 6) is -2.02. The summed E-state index contributed by atoms with van der Waals surface area (Å²) in [6.07, 6.45) is -0.588. The molecule has 7 heteroatoms. The lowest BCUT2D eigenvalue weighted by molar-refractivity contribution is -0.168. The van der Waals surface area contributed by atoms with Gasteiger partial charge in [-0.25, -0.2) is 4.79 Å². The molecule has 0 aliphatic heterocycles. The van der Waals surface area contributed by atoms with Crippen molar-refractivity contribution in [3.63, 3.8) is 0 Å². The van der Waals surface area contributed by atoms with E-state index in [0.29, 0.717) is 12.3 Å². The Bertz CT molecular complexity index is 380. The fraction of sp³-hybridized carbons (Fsp3) is 0.800. The molecule has 0 rings (SSSR count). The van der Waals surface area contributed by atoms with Crippen LogP contribution in [0.4, 0.5) is 4.79 Å². The molecule has 2 N–H and O–H groups in total. The predicted molar refractivity (Wildman–Crippen MR) is 80.1 cm³/mol. The van der Waals surface area contributed by atoms with Crippen molar-refractivity contribution in [3.05, 3.63) is 0 Å². The first-order valence-electron chi connectivity index (χ1n) is 7.51. The lowest BCUT2D eigenvalue weighted by Crippen LogP contribution is -2.36. The molecule has 0 aliphatic carbocycles. The summed E-state index contributed by atoms with van der Waals surface area (Å²) >= 11 is 0. The van der Waals surface area contributed by atoms with E-state index in [9.17, 15) is 14.4 Å². The predicted octanol–water partition coefficient (Wildman–Crippen LogP) is 2.39. The van der Waals surface area contributed by atoms with Gasteiger partial charge in [-0.05, 0) is 12.3 Å². The number of ether oxygens (including phenoxy) is 2. The second-order valence-corrected chi connectivity index (χ2v) is 5.95.